The molecule has 1 fully saturated rings. The predicted molar refractivity (Wildman–Crippen MR) is 73.9 cm³/mol. The molecule has 2 N–H and O–H groups in total. The van der Waals surface area contributed by atoms with Gasteiger partial charge in [0.2, 0.25) is 0 Å². The Morgan fingerprint density at radius 2 is 2.39 bits per heavy atom. The third kappa shape index (κ3) is 3.23. The van der Waals surface area contributed by atoms with E-state index in [1.807, 2.05) is 23.1 Å². The summed E-state index contributed by atoms with van der Waals surface area (Å²) in [6.07, 6.45) is 0. The first-order valence-corrected chi connectivity index (χ1v) is 6.86. The number of nitrogens with one attached hydrogen (secondary N) is 1. The Kier molecular flexibility index (Phi) is 4.61. The molecule has 0 radical (unpaired) electrons. The fourth-order valence-corrected chi connectivity index (χ4v) is 2.50. The van der Waals surface area contributed by atoms with Crippen molar-refractivity contribution < 1.29 is 9.90 Å². The van der Waals surface area contributed by atoms with Gasteiger partial charge in [-0.05, 0) is 33.6 Å². The van der Waals surface area contributed by atoms with Gasteiger partial charge in [0.25, 0.3) is 0 Å². The van der Waals surface area contributed by atoms with Crippen molar-refractivity contribution in [3.8, 4) is 0 Å². The molecule has 1 aromatic carbocycles. The quantitative estimate of drug-likeness (QED) is 0.888. The van der Waals surface area contributed by atoms with E-state index < -0.39 is 12.0 Å². The molecule has 1 aliphatic heterocycles. The van der Waals surface area contributed by atoms with Gasteiger partial charge in [-0.2, -0.15) is 0 Å². The summed E-state index contributed by atoms with van der Waals surface area (Å²) in [5.74, 6) is -0.787. The van der Waals surface area contributed by atoms with E-state index >= 15 is 0 Å². The summed E-state index contributed by atoms with van der Waals surface area (Å²) in [5.41, 5.74) is 1.02. The zero-order valence-corrected chi connectivity index (χ0v) is 12.0. The van der Waals surface area contributed by atoms with E-state index in [1.165, 1.54) is 0 Å². The number of aliphatic carboxylic acids is 1. The Morgan fingerprint density at radius 1 is 1.61 bits per heavy atom. The van der Waals surface area contributed by atoms with Gasteiger partial charge in [-0.1, -0.05) is 17.7 Å². The number of carbonyl (C=O) groups is 1. The maximum Gasteiger partial charge on any atom is 0.322 e. The van der Waals surface area contributed by atoms with E-state index in [0.717, 1.165) is 23.1 Å². The highest BCUT2D eigenvalue weighted by molar-refractivity contribution is 9.10. The Balaban J connectivity index is 2.10. The van der Waals surface area contributed by atoms with Crippen molar-refractivity contribution in [3.05, 3.63) is 33.3 Å². The lowest BCUT2D eigenvalue weighted by Crippen LogP contribution is -2.54. The maximum atomic E-state index is 11.2. The zero-order valence-electron chi connectivity index (χ0n) is 9.70. The number of carboxylic acids is 1. The van der Waals surface area contributed by atoms with Gasteiger partial charge in [0.05, 0.1) is 5.02 Å². The Labute approximate surface area is 119 Å². The third-order valence-corrected chi connectivity index (χ3v) is 4.24. The first-order chi connectivity index (χ1) is 8.58. The SMILES string of the molecule is O=C(O)C1CNCCN1Cc1ccc(Br)c(Cl)c1. The first-order valence-electron chi connectivity index (χ1n) is 5.69. The molecular weight excluding hydrogens is 320 g/mol. The summed E-state index contributed by atoms with van der Waals surface area (Å²) < 4.78 is 0.850. The summed E-state index contributed by atoms with van der Waals surface area (Å²) in [4.78, 5) is 13.1. The average Bonchev–Trinajstić information content (AvgIpc) is 2.34. The molecule has 1 aliphatic rings. The minimum absolute atomic E-state index is 0.471. The van der Waals surface area contributed by atoms with Gasteiger partial charge in [0, 0.05) is 30.7 Å². The molecule has 0 aliphatic carbocycles. The Morgan fingerprint density at radius 3 is 3.06 bits per heavy atom. The molecule has 0 bridgehead atoms. The molecule has 0 aromatic heterocycles. The van der Waals surface area contributed by atoms with Gasteiger partial charge in [-0.25, -0.2) is 0 Å². The van der Waals surface area contributed by atoms with Crippen molar-refractivity contribution in [1.29, 1.82) is 0 Å². The van der Waals surface area contributed by atoms with E-state index in [9.17, 15) is 9.90 Å². The molecule has 2 rings (SSSR count). The van der Waals surface area contributed by atoms with Gasteiger partial charge < -0.3 is 10.4 Å². The van der Waals surface area contributed by atoms with E-state index in [4.69, 9.17) is 11.6 Å². The number of carboxylic acid groups (broad SMARTS) is 1. The second-order valence-corrected chi connectivity index (χ2v) is 5.54. The first kappa shape index (κ1) is 13.8. The van der Waals surface area contributed by atoms with Gasteiger partial charge in [0.15, 0.2) is 0 Å². The highest BCUT2D eigenvalue weighted by Gasteiger charge is 2.28. The molecule has 1 unspecified atom stereocenters. The molecule has 0 amide bonds. The van der Waals surface area contributed by atoms with Crippen LogP contribution in [-0.2, 0) is 11.3 Å². The van der Waals surface area contributed by atoms with Crippen LogP contribution in [0.25, 0.3) is 0 Å². The monoisotopic (exact) mass is 332 g/mol. The molecule has 98 valence electrons. The maximum absolute atomic E-state index is 11.2. The number of benzene rings is 1. The van der Waals surface area contributed by atoms with Crippen LogP contribution >= 0.6 is 27.5 Å². The van der Waals surface area contributed by atoms with Crippen LogP contribution in [0.3, 0.4) is 0 Å². The van der Waals surface area contributed by atoms with Gasteiger partial charge in [-0.3, -0.25) is 9.69 Å². The minimum atomic E-state index is -0.787. The van der Waals surface area contributed by atoms with Crippen LogP contribution in [-0.4, -0.2) is 41.7 Å². The summed E-state index contributed by atoms with van der Waals surface area (Å²) in [5, 5.41) is 12.9. The highest BCUT2D eigenvalue weighted by atomic mass is 79.9. The number of nitrogens with zero attached hydrogens (tertiary/aromatic N) is 1. The van der Waals surface area contributed by atoms with E-state index in [1.54, 1.807) is 0 Å². The van der Waals surface area contributed by atoms with E-state index in [2.05, 4.69) is 21.2 Å². The third-order valence-electron chi connectivity index (χ3n) is 3.01. The number of hydrogen-bond acceptors (Lipinski definition) is 3. The molecule has 1 atom stereocenters. The minimum Gasteiger partial charge on any atom is -0.480 e. The Hall–Kier alpha value is -0.620. The fraction of sp³-hybridized carbons (Fsp3) is 0.417. The molecule has 1 saturated heterocycles. The van der Waals surface area contributed by atoms with Crippen LogP contribution < -0.4 is 5.32 Å². The Bertz CT molecular complexity index is 456. The lowest BCUT2D eigenvalue weighted by Gasteiger charge is -2.33. The number of halogens is 2. The van der Waals surface area contributed by atoms with Crippen LogP contribution in [0.1, 0.15) is 5.56 Å². The van der Waals surface area contributed by atoms with Gasteiger partial charge >= 0.3 is 5.97 Å². The normalized spacial score (nSPS) is 20.9. The van der Waals surface area contributed by atoms with Crippen LogP contribution in [0.5, 0.6) is 0 Å². The molecule has 6 heteroatoms. The standard InChI is InChI=1S/C12H14BrClN2O2/c13-9-2-1-8(5-10(9)14)7-16-4-3-15-6-11(16)12(17)18/h1-2,5,11,15H,3-4,6-7H2,(H,17,18). The summed E-state index contributed by atoms with van der Waals surface area (Å²) in [6, 6.07) is 5.24. The lowest BCUT2D eigenvalue weighted by molar-refractivity contribution is -0.144. The van der Waals surface area contributed by atoms with Crippen molar-refractivity contribution in [2.75, 3.05) is 19.6 Å². The summed E-state index contributed by atoms with van der Waals surface area (Å²) in [7, 11) is 0. The molecule has 4 nitrogen and oxygen atoms in total. The summed E-state index contributed by atoms with van der Waals surface area (Å²) >= 11 is 9.38. The second-order valence-electron chi connectivity index (χ2n) is 4.28. The highest BCUT2D eigenvalue weighted by Crippen LogP contribution is 2.24. The number of rotatable bonds is 3. The number of piperazine rings is 1. The smallest absolute Gasteiger partial charge is 0.322 e. The van der Waals surface area contributed by atoms with Crippen molar-refractivity contribution in [2.24, 2.45) is 0 Å². The van der Waals surface area contributed by atoms with E-state index in [-0.39, 0.29) is 0 Å². The largest absolute Gasteiger partial charge is 0.480 e. The average molecular weight is 334 g/mol. The topological polar surface area (TPSA) is 52.6 Å². The zero-order chi connectivity index (χ0) is 13.1. The number of hydrogen-bond donors (Lipinski definition) is 2. The molecule has 1 aromatic rings. The predicted octanol–water partition coefficient (Wildman–Crippen LogP) is 1.96. The van der Waals surface area contributed by atoms with Crippen molar-refractivity contribution in [3.63, 3.8) is 0 Å². The van der Waals surface area contributed by atoms with Crippen molar-refractivity contribution in [1.82, 2.24) is 10.2 Å². The van der Waals surface area contributed by atoms with Crippen LogP contribution in [0.4, 0.5) is 0 Å². The molecule has 18 heavy (non-hydrogen) atoms. The lowest BCUT2D eigenvalue weighted by atomic mass is 10.1. The molecule has 0 spiro atoms. The van der Waals surface area contributed by atoms with Crippen LogP contribution in [0.2, 0.25) is 5.02 Å². The van der Waals surface area contributed by atoms with Gasteiger partial charge in [-0.15, -0.1) is 0 Å². The fourth-order valence-electron chi connectivity index (χ4n) is 2.05. The van der Waals surface area contributed by atoms with Crippen LogP contribution in [0, 0.1) is 0 Å². The molecule has 1 heterocycles. The van der Waals surface area contributed by atoms with E-state index in [0.29, 0.717) is 18.1 Å². The molecular formula is C12H14BrClN2O2. The summed E-state index contributed by atoms with van der Waals surface area (Å²) in [6.45, 7) is 2.63. The van der Waals surface area contributed by atoms with Crippen molar-refractivity contribution in [2.45, 2.75) is 12.6 Å². The van der Waals surface area contributed by atoms with Crippen molar-refractivity contribution >= 4 is 33.5 Å². The van der Waals surface area contributed by atoms with Gasteiger partial charge in [0.1, 0.15) is 6.04 Å². The molecule has 0 saturated carbocycles. The van der Waals surface area contributed by atoms with Crippen LogP contribution in [0.15, 0.2) is 22.7 Å². The second kappa shape index (κ2) is 6.02.